The number of amides is 1. The summed E-state index contributed by atoms with van der Waals surface area (Å²) in [5, 5.41) is 1.16. The van der Waals surface area contributed by atoms with Crippen LogP contribution in [0.25, 0.3) is 0 Å². The van der Waals surface area contributed by atoms with Gasteiger partial charge in [-0.3, -0.25) is 9.69 Å². The number of benzene rings is 1. The van der Waals surface area contributed by atoms with Crippen LogP contribution in [-0.2, 0) is 6.54 Å². The van der Waals surface area contributed by atoms with Gasteiger partial charge in [0.1, 0.15) is 0 Å². The number of nitrogens with zero attached hydrogens (tertiary/aromatic N) is 3. The number of rotatable bonds is 3. The minimum atomic E-state index is 0.199. The lowest BCUT2D eigenvalue weighted by Gasteiger charge is -2.40. The molecular formula is C22H29N3OS. The van der Waals surface area contributed by atoms with Gasteiger partial charge in [-0.05, 0) is 58.7 Å². The second kappa shape index (κ2) is 7.36. The quantitative estimate of drug-likeness (QED) is 0.797. The summed E-state index contributed by atoms with van der Waals surface area (Å²) in [5.41, 5.74) is 3.43. The zero-order chi connectivity index (χ0) is 19.0. The van der Waals surface area contributed by atoms with Crippen LogP contribution in [0.3, 0.4) is 0 Å². The van der Waals surface area contributed by atoms with Crippen LogP contribution in [0.5, 0.6) is 0 Å². The summed E-state index contributed by atoms with van der Waals surface area (Å²) in [7, 11) is 0. The monoisotopic (exact) mass is 383 g/mol. The highest BCUT2D eigenvalue weighted by Gasteiger charge is 2.42. The number of hydrogen-bond acceptors (Lipinski definition) is 4. The van der Waals surface area contributed by atoms with Gasteiger partial charge < -0.3 is 4.90 Å². The van der Waals surface area contributed by atoms with E-state index in [-0.39, 0.29) is 11.3 Å². The third-order valence-electron chi connectivity index (χ3n) is 6.10. The Kier molecular flexibility index (Phi) is 5.08. The van der Waals surface area contributed by atoms with E-state index in [1.807, 2.05) is 42.5 Å². The zero-order valence-corrected chi connectivity index (χ0v) is 17.4. The molecule has 2 aromatic rings. The highest BCUT2D eigenvalue weighted by molar-refractivity contribution is 7.11. The highest BCUT2D eigenvalue weighted by Crippen LogP contribution is 2.40. The minimum absolute atomic E-state index is 0.199. The highest BCUT2D eigenvalue weighted by atomic mass is 32.1. The van der Waals surface area contributed by atoms with E-state index >= 15 is 0 Å². The first kappa shape index (κ1) is 18.6. The number of aryl methyl sites for hydroxylation is 3. The average molecular weight is 384 g/mol. The van der Waals surface area contributed by atoms with Crippen LogP contribution >= 0.6 is 11.3 Å². The predicted octanol–water partition coefficient (Wildman–Crippen LogP) is 4.20. The van der Waals surface area contributed by atoms with Gasteiger partial charge in [-0.2, -0.15) is 0 Å². The van der Waals surface area contributed by atoms with Crippen molar-refractivity contribution < 1.29 is 4.79 Å². The molecule has 2 saturated heterocycles. The topological polar surface area (TPSA) is 36.4 Å². The van der Waals surface area contributed by atoms with Gasteiger partial charge in [0.2, 0.25) is 0 Å². The fourth-order valence-corrected chi connectivity index (χ4v) is 5.74. The van der Waals surface area contributed by atoms with Gasteiger partial charge in [0.25, 0.3) is 5.91 Å². The molecule has 0 radical (unpaired) electrons. The molecule has 0 saturated carbocycles. The normalized spacial score (nSPS) is 23.3. The lowest BCUT2D eigenvalue weighted by Crippen LogP contribution is -2.47. The molecule has 0 bridgehead atoms. The van der Waals surface area contributed by atoms with E-state index in [4.69, 9.17) is 0 Å². The maximum absolute atomic E-state index is 13.0. The summed E-state index contributed by atoms with van der Waals surface area (Å²) in [6.45, 7) is 11.3. The number of hydrogen-bond donors (Lipinski definition) is 0. The molecule has 5 heteroatoms. The smallest absolute Gasteiger partial charge is 0.253 e. The number of likely N-dealkylation sites (tertiary alicyclic amines) is 2. The van der Waals surface area contributed by atoms with E-state index in [0.717, 1.165) is 55.3 Å². The summed E-state index contributed by atoms with van der Waals surface area (Å²) in [4.78, 5) is 23.7. The molecule has 3 heterocycles. The van der Waals surface area contributed by atoms with Gasteiger partial charge in [-0.1, -0.05) is 17.7 Å². The summed E-state index contributed by atoms with van der Waals surface area (Å²) in [6, 6.07) is 8.00. The van der Waals surface area contributed by atoms with Crippen molar-refractivity contribution >= 4 is 17.2 Å². The first-order chi connectivity index (χ1) is 12.9. The maximum atomic E-state index is 13.0. The molecule has 1 aromatic heterocycles. The fraction of sp³-hybridized carbons (Fsp3) is 0.545. The van der Waals surface area contributed by atoms with E-state index < -0.39 is 0 Å². The van der Waals surface area contributed by atoms with Crippen molar-refractivity contribution in [2.75, 3.05) is 26.2 Å². The van der Waals surface area contributed by atoms with Crippen molar-refractivity contribution in [3.05, 3.63) is 51.0 Å². The lowest BCUT2D eigenvalue weighted by molar-refractivity contribution is 0.0527. The molecule has 2 aliphatic heterocycles. The number of aromatic nitrogens is 1. The van der Waals surface area contributed by atoms with Gasteiger partial charge in [-0.15, -0.1) is 11.3 Å². The van der Waals surface area contributed by atoms with Crippen LogP contribution < -0.4 is 0 Å². The first-order valence-corrected chi connectivity index (χ1v) is 10.8. The molecular weight excluding hydrogens is 354 g/mol. The van der Waals surface area contributed by atoms with Crippen LogP contribution in [-0.4, -0.2) is 46.9 Å². The largest absolute Gasteiger partial charge is 0.338 e. The van der Waals surface area contributed by atoms with Crippen molar-refractivity contribution in [2.24, 2.45) is 5.41 Å². The standard InChI is InChI=1S/C22H29N3OS/c1-16-6-4-7-19(12-16)21(26)25-10-5-8-22(15-25)9-11-24(14-22)13-20-17(2)23-18(3)27-20/h4,6-7,12H,5,8-11,13-15H2,1-3H3. The van der Waals surface area contributed by atoms with Crippen LogP contribution in [0.1, 0.15) is 50.8 Å². The van der Waals surface area contributed by atoms with Crippen molar-refractivity contribution in [3.8, 4) is 0 Å². The number of carbonyl (C=O) groups excluding carboxylic acids is 1. The fourth-order valence-electron chi connectivity index (χ4n) is 4.76. The second-order valence-electron chi connectivity index (χ2n) is 8.40. The Morgan fingerprint density at radius 3 is 2.78 bits per heavy atom. The third-order valence-corrected chi connectivity index (χ3v) is 7.16. The molecule has 144 valence electrons. The molecule has 2 fully saturated rings. The molecule has 4 nitrogen and oxygen atoms in total. The van der Waals surface area contributed by atoms with Crippen molar-refractivity contribution in [1.82, 2.24) is 14.8 Å². The Morgan fingerprint density at radius 1 is 1.19 bits per heavy atom. The molecule has 2 aliphatic rings. The van der Waals surface area contributed by atoms with Crippen molar-refractivity contribution in [3.63, 3.8) is 0 Å². The van der Waals surface area contributed by atoms with Gasteiger partial charge in [0.05, 0.1) is 10.7 Å². The van der Waals surface area contributed by atoms with E-state index in [1.165, 1.54) is 23.4 Å². The molecule has 0 N–H and O–H groups in total. The van der Waals surface area contributed by atoms with Gasteiger partial charge in [0.15, 0.2) is 0 Å². The van der Waals surface area contributed by atoms with E-state index in [0.29, 0.717) is 0 Å². The predicted molar refractivity (Wildman–Crippen MR) is 110 cm³/mol. The Balaban J connectivity index is 1.43. The molecule has 1 aromatic carbocycles. The molecule has 1 spiro atoms. The summed E-state index contributed by atoms with van der Waals surface area (Å²) in [6.07, 6.45) is 3.55. The minimum Gasteiger partial charge on any atom is -0.338 e. The van der Waals surface area contributed by atoms with Gasteiger partial charge >= 0.3 is 0 Å². The Bertz CT molecular complexity index is 846. The molecule has 27 heavy (non-hydrogen) atoms. The van der Waals surface area contributed by atoms with Crippen molar-refractivity contribution in [2.45, 2.75) is 46.6 Å². The van der Waals surface area contributed by atoms with Crippen molar-refractivity contribution in [1.29, 1.82) is 0 Å². The van der Waals surface area contributed by atoms with Crippen LogP contribution in [0.15, 0.2) is 24.3 Å². The van der Waals surface area contributed by atoms with E-state index in [1.54, 1.807) is 0 Å². The Hall–Kier alpha value is -1.72. The summed E-state index contributed by atoms with van der Waals surface area (Å²) < 4.78 is 0. The van der Waals surface area contributed by atoms with E-state index in [2.05, 4.69) is 28.6 Å². The number of thiazole rings is 1. The van der Waals surface area contributed by atoms with Gasteiger partial charge in [0, 0.05) is 42.0 Å². The summed E-state index contributed by atoms with van der Waals surface area (Å²) >= 11 is 1.82. The lowest BCUT2D eigenvalue weighted by atomic mass is 9.79. The first-order valence-electron chi connectivity index (χ1n) is 9.95. The molecule has 0 aliphatic carbocycles. The van der Waals surface area contributed by atoms with Crippen LogP contribution in [0, 0.1) is 26.2 Å². The Morgan fingerprint density at radius 2 is 2.04 bits per heavy atom. The zero-order valence-electron chi connectivity index (χ0n) is 16.6. The number of piperidine rings is 1. The van der Waals surface area contributed by atoms with Crippen LogP contribution in [0.2, 0.25) is 0 Å². The molecule has 4 rings (SSSR count). The van der Waals surface area contributed by atoms with E-state index in [9.17, 15) is 4.79 Å². The molecule has 1 unspecified atom stereocenters. The number of carbonyl (C=O) groups is 1. The van der Waals surface area contributed by atoms with Gasteiger partial charge in [-0.25, -0.2) is 4.98 Å². The SMILES string of the molecule is Cc1cccc(C(=O)N2CCCC3(CCN(Cc4sc(C)nc4C)C3)C2)c1. The molecule has 1 amide bonds. The second-order valence-corrected chi connectivity index (χ2v) is 9.69. The van der Waals surface area contributed by atoms with Crippen LogP contribution in [0.4, 0.5) is 0 Å². The molecule has 1 atom stereocenters. The third kappa shape index (κ3) is 3.94. The average Bonchev–Trinajstić information content (AvgIpc) is 3.17. The maximum Gasteiger partial charge on any atom is 0.253 e. The summed E-state index contributed by atoms with van der Waals surface area (Å²) in [5.74, 6) is 0.199. The Labute approximate surface area is 166 Å².